The standard InChI is InChI=1S/C22H28N6O2S2/c1-2-28-21(26-10-12-30-13-11-26)24-25-22(28)31-15-19(29)27-9-5-6-16(14-27)20-23-17-7-3-4-8-18(17)32-20/h3-4,7-8,16H,2,5-6,9-15H2,1H3. The Hall–Kier alpha value is -2.17. The third kappa shape index (κ3) is 4.49. The largest absolute Gasteiger partial charge is 0.378 e. The highest BCUT2D eigenvalue weighted by Crippen LogP contribution is 2.33. The number of carbonyl (C=O) groups excluding carboxylic acids is 1. The van der Waals surface area contributed by atoms with Crippen molar-refractivity contribution in [1.82, 2.24) is 24.6 Å². The molecule has 0 aliphatic carbocycles. The molecule has 0 bridgehead atoms. The number of thiazole rings is 1. The fraction of sp³-hybridized carbons (Fsp3) is 0.545. The highest BCUT2D eigenvalue weighted by molar-refractivity contribution is 7.99. The summed E-state index contributed by atoms with van der Waals surface area (Å²) >= 11 is 3.25. The van der Waals surface area contributed by atoms with Crippen LogP contribution in [-0.4, -0.2) is 75.7 Å². The number of nitrogens with zero attached hydrogens (tertiary/aromatic N) is 6. The van der Waals surface area contributed by atoms with Crippen LogP contribution in [0.5, 0.6) is 0 Å². The highest BCUT2D eigenvalue weighted by Gasteiger charge is 2.27. The second kappa shape index (κ2) is 9.76. The lowest BCUT2D eigenvalue weighted by Crippen LogP contribution is -2.40. The summed E-state index contributed by atoms with van der Waals surface area (Å²) in [6, 6.07) is 8.26. The van der Waals surface area contributed by atoms with Crippen molar-refractivity contribution in [2.75, 3.05) is 50.0 Å². The zero-order chi connectivity index (χ0) is 21.9. The molecule has 1 aromatic carbocycles. The van der Waals surface area contributed by atoms with Gasteiger partial charge in [-0.05, 0) is 31.9 Å². The first kappa shape index (κ1) is 21.7. The Balaban J connectivity index is 1.22. The van der Waals surface area contributed by atoms with Gasteiger partial charge in [-0.3, -0.25) is 9.36 Å². The minimum Gasteiger partial charge on any atom is -0.378 e. The van der Waals surface area contributed by atoms with Crippen LogP contribution in [0.3, 0.4) is 0 Å². The molecule has 170 valence electrons. The van der Waals surface area contributed by atoms with Gasteiger partial charge in [0.1, 0.15) is 0 Å². The van der Waals surface area contributed by atoms with Crippen LogP contribution >= 0.6 is 23.1 Å². The van der Waals surface area contributed by atoms with Crippen molar-refractivity contribution in [3.8, 4) is 0 Å². The molecule has 0 N–H and O–H groups in total. The average Bonchev–Trinajstić information content (AvgIpc) is 3.47. The second-order valence-corrected chi connectivity index (χ2v) is 10.1. The van der Waals surface area contributed by atoms with Gasteiger partial charge in [0.25, 0.3) is 0 Å². The Morgan fingerprint density at radius 1 is 1.22 bits per heavy atom. The molecular formula is C22H28N6O2S2. The van der Waals surface area contributed by atoms with Gasteiger partial charge in [-0.15, -0.1) is 21.5 Å². The fourth-order valence-corrected chi connectivity index (χ4v) is 6.34. The number of ether oxygens (including phenoxy) is 1. The third-order valence-corrected chi connectivity index (χ3v) is 8.22. The summed E-state index contributed by atoms with van der Waals surface area (Å²) in [5.41, 5.74) is 1.06. The van der Waals surface area contributed by atoms with Crippen LogP contribution in [0.1, 0.15) is 30.7 Å². The molecule has 2 aromatic heterocycles. The van der Waals surface area contributed by atoms with E-state index >= 15 is 0 Å². The smallest absolute Gasteiger partial charge is 0.233 e. The third-order valence-electron chi connectivity index (χ3n) is 6.07. The molecule has 1 atom stereocenters. The Labute approximate surface area is 196 Å². The monoisotopic (exact) mass is 472 g/mol. The topological polar surface area (TPSA) is 76.4 Å². The number of para-hydroxylation sites is 1. The number of aromatic nitrogens is 4. The number of rotatable bonds is 6. The van der Waals surface area contributed by atoms with Crippen LogP contribution in [0.4, 0.5) is 5.95 Å². The van der Waals surface area contributed by atoms with Crippen LogP contribution in [0.25, 0.3) is 10.2 Å². The molecule has 1 unspecified atom stereocenters. The summed E-state index contributed by atoms with van der Waals surface area (Å²) < 4.78 is 8.77. The molecule has 4 heterocycles. The summed E-state index contributed by atoms with van der Waals surface area (Å²) in [5, 5.41) is 10.7. The van der Waals surface area contributed by atoms with Gasteiger partial charge in [0.15, 0.2) is 5.16 Å². The Morgan fingerprint density at radius 2 is 2.06 bits per heavy atom. The van der Waals surface area contributed by atoms with Gasteiger partial charge in [-0.25, -0.2) is 4.98 Å². The molecule has 0 radical (unpaired) electrons. The quantitative estimate of drug-likeness (QED) is 0.510. The molecule has 5 rings (SSSR count). The Morgan fingerprint density at radius 3 is 2.88 bits per heavy atom. The van der Waals surface area contributed by atoms with E-state index in [0.29, 0.717) is 24.9 Å². The van der Waals surface area contributed by atoms with Crippen molar-refractivity contribution in [2.45, 2.75) is 37.4 Å². The van der Waals surface area contributed by atoms with E-state index in [1.807, 2.05) is 11.0 Å². The number of anilines is 1. The Kier molecular flexibility index (Phi) is 6.61. The molecule has 2 saturated heterocycles. The van der Waals surface area contributed by atoms with E-state index in [9.17, 15) is 4.79 Å². The minimum atomic E-state index is 0.166. The van der Waals surface area contributed by atoms with Crippen LogP contribution in [0.15, 0.2) is 29.4 Å². The first-order valence-corrected chi connectivity index (χ1v) is 13.0. The van der Waals surface area contributed by atoms with Gasteiger partial charge in [0.2, 0.25) is 11.9 Å². The van der Waals surface area contributed by atoms with Gasteiger partial charge in [-0.2, -0.15) is 0 Å². The minimum absolute atomic E-state index is 0.166. The van der Waals surface area contributed by atoms with Crippen LogP contribution in [0.2, 0.25) is 0 Å². The number of benzene rings is 1. The maximum absolute atomic E-state index is 13.0. The molecule has 0 saturated carbocycles. The van der Waals surface area contributed by atoms with Gasteiger partial charge in [-0.1, -0.05) is 23.9 Å². The molecule has 1 amide bonds. The number of thioether (sulfide) groups is 1. The first-order valence-electron chi connectivity index (χ1n) is 11.2. The Bertz CT molecular complexity index is 1040. The van der Waals surface area contributed by atoms with Gasteiger partial charge < -0.3 is 14.5 Å². The van der Waals surface area contributed by atoms with Crippen LogP contribution < -0.4 is 4.90 Å². The van der Waals surface area contributed by atoms with E-state index in [1.165, 1.54) is 16.5 Å². The highest BCUT2D eigenvalue weighted by atomic mass is 32.2. The molecule has 32 heavy (non-hydrogen) atoms. The molecule has 8 nitrogen and oxygen atoms in total. The SMILES string of the molecule is CCn1c(SCC(=O)N2CCCC(c3nc4ccccc4s3)C2)nnc1N1CCOCC1. The van der Waals surface area contributed by atoms with Crippen molar-refractivity contribution >= 4 is 45.2 Å². The maximum Gasteiger partial charge on any atom is 0.233 e. The van der Waals surface area contributed by atoms with E-state index in [0.717, 1.165) is 67.2 Å². The normalized spacial score (nSPS) is 19.6. The molecule has 2 aliphatic rings. The number of piperidine rings is 1. The first-order chi connectivity index (χ1) is 15.7. The van der Waals surface area contributed by atoms with Crippen molar-refractivity contribution in [3.05, 3.63) is 29.3 Å². The number of morpholine rings is 1. The second-order valence-electron chi connectivity index (χ2n) is 8.11. The summed E-state index contributed by atoms with van der Waals surface area (Å²) in [6.07, 6.45) is 2.10. The molecular weight excluding hydrogens is 444 g/mol. The van der Waals surface area contributed by atoms with Crippen LogP contribution in [0, 0.1) is 0 Å². The van der Waals surface area contributed by atoms with E-state index in [-0.39, 0.29) is 5.91 Å². The molecule has 10 heteroatoms. The van der Waals surface area contributed by atoms with Crippen LogP contribution in [-0.2, 0) is 16.1 Å². The van der Waals surface area contributed by atoms with Gasteiger partial charge in [0.05, 0.1) is 34.2 Å². The number of carbonyl (C=O) groups is 1. The molecule has 3 aromatic rings. The van der Waals surface area contributed by atoms with E-state index in [4.69, 9.17) is 9.72 Å². The number of likely N-dealkylation sites (tertiary alicyclic amines) is 1. The fourth-order valence-electron chi connectivity index (χ4n) is 4.35. The van der Waals surface area contributed by atoms with E-state index in [2.05, 4.69) is 44.8 Å². The predicted molar refractivity (Wildman–Crippen MR) is 128 cm³/mol. The van der Waals surface area contributed by atoms with Gasteiger partial charge >= 0.3 is 0 Å². The van der Waals surface area contributed by atoms with Crippen molar-refractivity contribution in [2.24, 2.45) is 0 Å². The van der Waals surface area contributed by atoms with E-state index < -0.39 is 0 Å². The van der Waals surface area contributed by atoms with Crippen molar-refractivity contribution in [1.29, 1.82) is 0 Å². The summed E-state index contributed by atoms with van der Waals surface area (Å²) in [5.74, 6) is 1.75. The predicted octanol–water partition coefficient (Wildman–Crippen LogP) is 3.24. The lowest BCUT2D eigenvalue weighted by atomic mass is 9.99. The molecule has 2 fully saturated rings. The lowest BCUT2D eigenvalue weighted by molar-refractivity contribution is -0.129. The van der Waals surface area contributed by atoms with Crippen molar-refractivity contribution < 1.29 is 9.53 Å². The number of hydrogen-bond donors (Lipinski definition) is 0. The van der Waals surface area contributed by atoms with Crippen molar-refractivity contribution in [3.63, 3.8) is 0 Å². The summed E-state index contributed by atoms with van der Waals surface area (Å²) in [4.78, 5) is 22.1. The maximum atomic E-state index is 13.0. The number of amides is 1. The van der Waals surface area contributed by atoms with Gasteiger partial charge in [0, 0.05) is 38.6 Å². The molecule has 0 spiro atoms. The van der Waals surface area contributed by atoms with E-state index in [1.54, 1.807) is 11.3 Å². The number of hydrogen-bond acceptors (Lipinski definition) is 8. The molecule has 2 aliphatic heterocycles. The summed E-state index contributed by atoms with van der Waals surface area (Å²) in [6.45, 7) is 7.50. The zero-order valence-electron chi connectivity index (χ0n) is 18.3. The lowest BCUT2D eigenvalue weighted by Gasteiger charge is -2.31. The number of fused-ring (bicyclic) bond motifs is 1. The average molecular weight is 473 g/mol. The zero-order valence-corrected chi connectivity index (χ0v) is 19.9. The summed E-state index contributed by atoms with van der Waals surface area (Å²) in [7, 11) is 0.